The Kier molecular flexibility index (Phi) is 6.95. The van der Waals surface area contributed by atoms with Crippen molar-refractivity contribution in [3.63, 3.8) is 0 Å². The molecule has 0 aliphatic carbocycles. The zero-order valence-electron chi connectivity index (χ0n) is 15.9. The van der Waals surface area contributed by atoms with Crippen molar-refractivity contribution in [2.45, 2.75) is 44.4 Å². The standard InChI is InChI=1S/C22H30O3Si/c1-5-12-20(23)21(24)17-25-26(22(2,3)4,18-13-8-6-9-14-18)19-15-10-7-11-16-19/h5-11,13-16,20-21,23-24H,1,12,17H2,2-4H3. The van der Waals surface area contributed by atoms with Crippen molar-refractivity contribution in [1.82, 2.24) is 0 Å². The highest BCUT2D eigenvalue weighted by Crippen LogP contribution is 2.36. The smallest absolute Gasteiger partial charge is 0.261 e. The van der Waals surface area contributed by atoms with Gasteiger partial charge in [-0.3, -0.25) is 0 Å². The van der Waals surface area contributed by atoms with Gasteiger partial charge in [0.25, 0.3) is 8.32 Å². The summed E-state index contributed by atoms with van der Waals surface area (Å²) < 4.78 is 6.59. The minimum atomic E-state index is -2.68. The van der Waals surface area contributed by atoms with Crippen LogP contribution in [0.5, 0.6) is 0 Å². The predicted molar refractivity (Wildman–Crippen MR) is 110 cm³/mol. The van der Waals surface area contributed by atoms with Gasteiger partial charge in [-0.15, -0.1) is 6.58 Å². The van der Waals surface area contributed by atoms with Gasteiger partial charge >= 0.3 is 0 Å². The Bertz CT molecular complexity index is 640. The monoisotopic (exact) mass is 370 g/mol. The van der Waals surface area contributed by atoms with Crippen molar-refractivity contribution in [2.75, 3.05) is 6.61 Å². The molecule has 0 aromatic heterocycles. The molecule has 0 fully saturated rings. The van der Waals surface area contributed by atoms with Crippen LogP contribution in [0.4, 0.5) is 0 Å². The Morgan fingerprint density at radius 3 is 1.77 bits per heavy atom. The molecule has 2 unspecified atom stereocenters. The van der Waals surface area contributed by atoms with Crippen molar-refractivity contribution >= 4 is 18.7 Å². The minimum absolute atomic E-state index is 0.0856. The molecule has 0 radical (unpaired) electrons. The van der Waals surface area contributed by atoms with E-state index in [0.717, 1.165) is 10.4 Å². The van der Waals surface area contributed by atoms with E-state index < -0.39 is 20.5 Å². The van der Waals surface area contributed by atoms with E-state index in [1.165, 1.54) is 0 Å². The molecular formula is C22H30O3Si. The van der Waals surface area contributed by atoms with Crippen molar-refractivity contribution in [3.8, 4) is 0 Å². The summed E-state index contributed by atoms with van der Waals surface area (Å²) in [7, 11) is -2.68. The number of aliphatic hydroxyl groups excluding tert-OH is 2. The van der Waals surface area contributed by atoms with Gasteiger partial charge in [0, 0.05) is 0 Å². The number of hydrogen-bond donors (Lipinski definition) is 2. The average Bonchev–Trinajstić information content (AvgIpc) is 2.63. The number of rotatable bonds is 8. The van der Waals surface area contributed by atoms with Crippen LogP contribution < -0.4 is 10.4 Å². The lowest BCUT2D eigenvalue weighted by molar-refractivity contribution is -0.00792. The van der Waals surface area contributed by atoms with E-state index in [1.807, 2.05) is 36.4 Å². The molecular weight excluding hydrogens is 340 g/mol. The lowest BCUT2D eigenvalue weighted by Gasteiger charge is -2.43. The molecule has 0 aliphatic rings. The molecule has 2 aromatic rings. The number of hydrogen-bond acceptors (Lipinski definition) is 3. The first kappa shape index (κ1) is 20.6. The van der Waals surface area contributed by atoms with Crippen LogP contribution in [0, 0.1) is 0 Å². The maximum absolute atomic E-state index is 10.4. The van der Waals surface area contributed by atoms with Crippen molar-refractivity contribution in [2.24, 2.45) is 0 Å². The lowest BCUT2D eigenvalue weighted by Crippen LogP contribution is -2.67. The molecule has 2 rings (SSSR count). The Labute approximate surface area is 158 Å². The maximum atomic E-state index is 10.4. The van der Waals surface area contributed by atoms with Gasteiger partial charge in [0.2, 0.25) is 0 Å². The van der Waals surface area contributed by atoms with Gasteiger partial charge in [-0.25, -0.2) is 0 Å². The molecule has 0 spiro atoms. The van der Waals surface area contributed by atoms with Crippen molar-refractivity contribution in [1.29, 1.82) is 0 Å². The van der Waals surface area contributed by atoms with Gasteiger partial charge in [-0.05, 0) is 21.8 Å². The largest absolute Gasteiger partial charge is 0.405 e. The van der Waals surface area contributed by atoms with Gasteiger partial charge in [0.15, 0.2) is 0 Å². The number of benzene rings is 2. The van der Waals surface area contributed by atoms with Crippen LogP contribution in [0.1, 0.15) is 27.2 Å². The second kappa shape index (κ2) is 8.78. The Morgan fingerprint density at radius 1 is 0.923 bits per heavy atom. The average molecular weight is 371 g/mol. The molecule has 140 valence electrons. The molecule has 0 amide bonds. The molecule has 3 nitrogen and oxygen atoms in total. The van der Waals surface area contributed by atoms with Crippen LogP contribution in [0.2, 0.25) is 5.04 Å². The van der Waals surface area contributed by atoms with Gasteiger partial charge < -0.3 is 14.6 Å². The fourth-order valence-electron chi connectivity index (χ4n) is 3.41. The molecule has 0 saturated carbocycles. The highest BCUT2D eigenvalue weighted by atomic mass is 28.4. The van der Waals surface area contributed by atoms with E-state index in [-0.39, 0.29) is 11.6 Å². The maximum Gasteiger partial charge on any atom is 0.261 e. The van der Waals surface area contributed by atoms with Gasteiger partial charge in [-0.2, -0.15) is 0 Å². The quantitative estimate of drug-likeness (QED) is 0.555. The summed E-state index contributed by atoms with van der Waals surface area (Å²) in [5, 5.41) is 22.6. The summed E-state index contributed by atoms with van der Waals surface area (Å²) in [5.74, 6) is 0. The third-order valence-electron chi connectivity index (χ3n) is 4.74. The first-order valence-electron chi connectivity index (χ1n) is 9.05. The highest BCUT2D eigenvalue weighted by molar-refractivity contribution is 6.99. The highest BCUT2D eigenvalue weighted by Gasteiger charge is 2.50. The summed E-state index contributed by atoms with van der Waals surface area (Å²) in [4.78, 5) is 0. The van der Waals surface area contributed by atoms with Crippen LogP contribution in [0.25, 0.3) is 0 Å². The molecule has 2 aromatic carbocycles. The summed E-state index contributed by atoms with van der Waals surface area (Å²) in [5.41, 5.74) is 0. The normalized spacial score (nSPS) is 14.7. The first-order valence-corrected chi connectivity index (χ1v) is 11.0. The summed E-state index contributed by atoms with van der Waals surface area (Å²) >= 11 is 0. The molecule has 0 heterocycles. The molecule has 2 atom stereocenters. The van der Waals surface area contributed by atoms with E-state index in [0.29, 0.717) is 6.42 Å². The molecule has 4 heteroatoms. The fourth-order valence-corrected chi connectivity index (χ4v) is 7.99. The van der Waals surface area contributed by atoms with E-state index in [2.05, 4.69) is 51.6 Å². The van der Waals surface area contributed by atoms with Crippen molar-refractivity contribution in [3.05, 3.63) is 73.3 Å². The van der Waals surface area contributed by atoms with Crippen LogP contribution in [0.3, 0.4) is 0 Å². The topological polar surface area (TPSA) is 49.7 Å². The number of aliphatic hydroxyl groups is 2. The van der Waals surface area contributed by atoms with Gasteiger partial charge in [0.05, 0.1) is 12.7 Å². The summed E-state index contributed by atoms with van der Waals surface area (Å²) in [6, 6.07) is 20.5. The lowest BCUT2D eigenvalue weighted by atomic mass is 10.1. The summed E-state index contributed by atoms with van der Waals surface area (Å²) in [6.07, 6.45) is 0.127. The van der Waals surface area contributed by atoms with Gasteiger partial charge in [-0.1, -0.05) is 87.5 Å². The molecule has 0 bridgehead atoms. The summed E-state index contributed by atoms with van der Waals surface area (Å²) in [6.45, 7) is 10.3. The zero-order valence-corrected chi connectivity index (χ0v) is 16.9. The fraction of sp³-hybridized carbons (Fsp3) is 0.364. The second-order valence-electron chi connectivity index (χ2n) is 7.63. The van der Waals surface area contributed by atoms with E-state index in [1.54, 1.807) is 6.08 Å². The van der Waals surface area contributed by atoms with Crippen LogP contribution in [-0.4, -0.2) is 37.3 Å². The van der Waals surface area contributed by atoms with Crippen LogP contribution >= 0.6 is 0 Å². The minimum Gasteiger partial charge on any atom is -0.405 e. The van der Waals surface area contributed by atoms with E-state index >= 15 is 0 Å². The third-order valence-corrected chi connectivity index (χ3v) is 9.74. The Morgan fingerprint density at radius 2 is 1.38 bits per heavy atom. The molecule has 0 aliphatic heterocycles. The Balaban J connectivity index is 2.49. The third kappa shape index (κ3) is 4.33. The van der Waals surface area contributed by atoms with Crippen LogP contribution in [-0.2, 0) is 4.43 Å². The molecule has 2 N–H and O–H groups in total. The molecule has 0 saturated heterocycles. The Hall–Kier alpha value is -1.72. The zero-order chi connectivity index (χ0) is 19.2. The van der Waals surface area contributed by atoms with E-state index in [9.17, 15) is 10.2 Å². The first-order chi connectivity index (χ1) is 12.3. The second-order valence-corrected chi connectivity index (χ2v) is 11.9. The van der Waals surface area contributed by atoms with Gasteiger partial charge in [0.1, 0.15) is 6.10 Å². The van der Waals surface area contributed by atoms with Crippen LogP contribution in [0.15, 0.2) is 73.3 Å². The van der Waals surface area contributed by atoms with Crippen molar-refractivity contribution < 1.29 is 14.6 Å². The SMILES string of the molecule is C=CCC(O)C(O)CO[Si](c1ccccc1)(c1ccccc1)C(C)(C)C. The predicted octanol–water partition coefficient (Wildman–Crippen LogP) is 2.86. The van der Waals surface area contributed by atoms with E-state index in [4.69, 9.17) is 4.43 Å². The molecule has 26 heavy (non-hydrogen) atoms.